The van der Waals surface area contributed by atoms with E-state index in [1.807, 2.05) is 6.07 Å². The number of phenolic OH excluding ortho intramolecular Hbond substituents is 1. The van der Waals surface area contributed by atoms with Crippen molar-refractivity contribution in [2.45, 2.75) is 84.2 Å². The molecule has 2 nitrogen and oxygen atoms in total. The summed E-state index contributed by atoms with van der Waals surface area (Å²) in [4.78, 5) is 2.65. The summed E-state index contributed by atoms with van der Waals surface area (Å²) in [5, 5.41) is 10.7. The molecule has 0 aliphatic carbocycles. The average Bonchev–Trinajstić information content (AvgIpc) is 2.62. The maximum Gasteiger partial charge on any atom is 0.119 e. The molecule has 0 saturated carbocycles. The van der Waals surface area contributed by atoms with Gasteiger partial charge in [0.2, 0.25) is 0 Å². The minimum Gasteiger partial charge on any atom is -0.508 e. The van der Waals surface area contributed by atoms with Crippen LogP contribution in [0.25, 0.3) is 0 Å². The number of aromatic hydroxyl groups is 1. The van der Waals surface area contributed by atoms with Crippen LogP contribution in [0.4, 0.5) is 0 Å². The molecule has 28 heavy (non-hydrogen) atoms. The van der Waals surface area contributed by atoms with Gasteiger partial charge in [-0.2, -0.15) is 0 Å². The zero-order chi connectivity index (χ0) is 20.5. The van der Waals surface area contributed by atoms with Crippen molar-refractivity contribution in [1.29, 1.82) is 0 Å². The normalized spacial score (nSPS) is 19.0. The highest BCUT2D eigenvalue weighted by Crippen LogP contribution is 2.42. The lowest BCUT2D eigenvalue weighted by Crippen LogP contribution is -2.34. The number of phenols is 1. The van der Waals surface area contributed by atoms with Crippen molar-refractivity contribution < 1.29 is 5.11 Å². The summed E-state index contributed by atoms with van der Waals surface area (Å²) in [5.74, 6) is 0.430. The molecule has 0 spiro atoms. The first kappa shape index (κ1) is 20.9. The fourth-order valence-corrected chi connectivity index (χ4v) is 4.83. The van der Waals surface area contributed by atoms with Gasteiger partial charge in [0, 0.05) is 18.2 Å². The van der Waals surface area contributed by atoms with E-state index in [0.717, 1.165) is 18.7 Å². The smallest absolute Gasteiger partial charge is 0.119 e. The van der Waals surface area contributed by atoms with Gasteiger partial charge in [0.25, 0.3) is 0 Å². The highest BCUT2D eigenvalue weighted by molar-refractivity contribution is 5.51. The van der Waals surface area contributed by atoms with E-state index >= 15 is 0 Å². The van der Waals surface area contributed by atoms with Crippen LogP contribution < -0.4 is 0 Å². The summed E-state index contributed by atoms with van der Waals surface area (Å²) in [7, 11) is 0. The molecule has 1 aliphatic heterocycles. The van der Waals surface area contributed by atoms with Crippen LogP contribution in [0.2, 0.25) is 0 Å². The van der Waals surface area contributed by atoms with Gasteiger partial charge in [0.15, 0.2) is 0 Å². The van der Waals surface area contributed by atoms with Crippen LogP contribution in [0, 0.1) is 0 Å². The van der Waals surface area contributed by atoms with E-state index in [-0.39, 0.29) is 10.8 Å². The minimum atomic E-state index is -0.0938. The minimum absolute atomic E-state index is 0.0191. The summed E-state index contributed by atoms with van der Waals surface area (Å²) in [5.41, 5.74) is 5.09. The predicted molar refractivity (Wildman–Crippen MR) is 119 cm³/mol. The number of likely N-dealkylation sites (tertiary alicyclic amines) is 1. The summed E-state index contributed by atoms with van der Waals surface area (Å²) in [6.07, 6.45) is 3.78. The van der Waals surface area contributed by atoms with E-state index in [4.69, 9.17) is 0 Å². The summed E-state index contributed by atoms with van der Waals surface area (Å²) < 4.78 is 0. The first-order valence-electron chi connectivity index (χ1n) is 10.7. The maximum absolute atomic E-state index is 10.7. The van der Waals surface area contributed by atoms with Crippen molar-refractivity contribution in [3.8, 4) is 5.75 Å². The van der Waals surface area contributed by atoms with Crippen molar-refractivity contribution in [3.05, 3.63) is 64.7 Å². The zero-order valence-electron chi connectivity index (χ0n) is 18.5. The molecule has 1 fully saturated rings. The number of piperidine rings is 1. The first-order chi connectivity index (χ1) is 13.1. The third-order valence-corrected chi connectivity index (χ3v) is 5.94. The first-order valence-corrected chi connectivity index (χ1v) is 10.7. The van der Waals surface area contributed by atoms with Gasteiger partial charge in [0.1, 0.15) is 5.75 Å². The molecule has 1 N–H and O–H groups in total. The molecular weight excluding hydrogens is 342 g/mol. The van der Waals surface area contributed by atoms with Gasteiger partial charge in [-0.15, -0.1) is 0 Å². The second kappa shape index (κ2) is 7.91. The van der Waals surface area contributed by atoms with E-state index in [2.05, 4.69) is 82.8 Å². The fourth-order valence-electron chi connectivity index (χ4n) is 4.83. The highest BCUT2D eigenvalue weighted by Gasteiger charge is 2.32. The second-order valence-corrected chi connectivity index (χ2v) is 10.4. The van der Waals surface area contributed by atoms with Crippen LogP contribution in [0.3, 0.4) is 0 Å². The fraction of sp³-hybridized carbons (Fsp3) is 0.538. The molecule has 1 unspecified atom stereocenters. The van der Waals surface area contributed by atoms with Crippen LogP contribution in [0.1, 0.15) is 89.1 Å². The molecule has 152 valence electrons. The van der Waals surface area contributed by atoms with Crippen molar-refractivity contribution in [2.75, 3.05) is 6.54 Å². The molecule has 1 aliphatic rings. The van der Waals surface area contributed by atoms with Crippen LogP contribution in [-0.2, 0) is 17.4 Å². The standard InChI is InChI=1S/C26H37NO/c1-25(2,3)23-20(15-16-22(28)24(23)26(4,5)6)18-27-17-11-10-14-21(27)19-12-8-7-9-13-19/h7-9,12-13,15-16,21,28H,10-11,14,17-18H2,1-6H3. The average molecular weight is 380 g/mol. The van der Waals surface area contributed by atoms with Crippen molar-refractivity contribution in [1.82, 2.24) is 4.90 Å². The van der Waals surface area contributed by atoms with Gasteiger partial charge >= 0.3 is 0 Å². The Hall–Kier alpha value is -1.80. The Labute approximate surface area is 171 Å². The third kappa shape index (κ3) is 4.43. The quantitative estimate of drug-likeness (QED) is 0.640. The van der Waals surface area contributed by atoms with Gasteiger partial charge in [-0.1, -0.05) is 84.4 Å². The van der Waals surface area contributed by atoms with Crippen LogP contribution in [-0.4, -0.2) is 16.6 Å². The largest absolute Gasteiger partial charge is 0.508 e. The lowest BCUT2D eigenvalue weighted by atomic mass is 9.72. The molecule has 2 aromatic rings. The van der Waals surface area contributed by atoms with Gasteiger partial charge in [-0.25, -0.2) is 0 Å². The zero-order valence-corrected chi connectivity index (χ0v) is 18.5. The Morgan fingerprint density at radius 3 is 2.11 bits per heavy atom. The molecule has 1 atom stereocenters. The number of rotatable bonds is 3. The van der Waals surface area contributed by atoms with Crippen LogP contribution in [0.5, 0.6) is 5.75 Å². The predicted octanol–water partition coefficient (Wildman–Crippen LogP) is 6.71. The number of benzene rings is 2. The lowest BCUT2D eigenvalue weighted by Gasteiger charge is -2.39. The Morgan fingerprint density at radius 1 is 0.857 bits per heavy atom. The molecule has 2 aromatic carbocycles. The van der Waals surface area contributed by atoms with Gasteiger partial charge < -0.3 is 5.11 Å². The summed E-state index contributed by atoms with van der Waals surface area (Å²) >= 11 is 0. The summed E-state index contributed by atoms with van der Waals surface area (Å²) in [6.45, 7) is 15.5. The van der Waals surface area contributed by atoms with Gasteiger partial charge in [0.05, 0.1) is 0 Å². The Morgan fingerprint density at radius 2 is 1.50 bits per heavy atom. The molecule has 1 saturated heterocycles. The van der Waals surface area contributed by atoms with Crippen LogP contribution >= 0.6 is 0 Å². The SMILES string of the molecule is CC(C)(C)c1c(O)ccc(CN2CCCCC2c2ccccc2)c1C(C)(C)C. The number of nitrogens with zero attached hydrogens (tertiary/aromatic N) is 1. The van der Waals surface area contributed by atoms with E-state index in [0.29, 0.717) is 11.8 Å². The van der Waals surface area contributed by atoms with Crippen LogP contribution in [0.15, 0.2) is 42.5 Å². The molecule has 0 radical (unpaired) electrons. The maximum atomic E-state index is 10.7. The topological polar surface area (TPSA) is 23.5 Å². The molecule has 3 rings (SSSR count). The van der Waals surface area contributed by atoms with E-state index in [1.54, 1.807) is 0 Å². The highest BCUT2D eigenvalue weighted by atomic mass is 16.3. The van der Waals surface area contributed by atoms with E-state index < -0.39 is 0 Å². The lowest BCUT2D eigenvalue weighted by molar-refractivity contribution is 0.139. The molecule has 2 heteroatoms. The number of hydrogen-bond acceptors (Lipinski definition) is 2. The van der Waals surface area contributed by atoms with Gasteiger partial charge in [-0.05, 0) is 53.0 Å². The Balaban J connectivity index is 2.04. The van der Waals surface area contributed by atoms with Crippen molar-refractivity contribution in [3.63, 3.8) is 0 Å². The molecule has 1 heterocycles. The van der Waals surface area contributed by atoms with E-state index in [1.165, 1.54) is 36.0 Å². The Kier molecular flexibility index (Phi) is 5.91. The monoisotopic (exact) mass is 379 g/mol. The van der Waals surface area contributed by atoms with Crippen molar-refractivity contribution in [2.24, 2.45) is 0 Å². The summed E-state index contributed by atoms with van der Waals surface area (Å²) in [6, 6.07) is 15.5. The van der Waals surface area contributed by atoms with Crippen molar-refractivity contribution >= 4 is 0 Å². The third-order valence-electron chi connectivity index (χ3n) is 5.94. The Bertz CT molecular complexity index is 796. The molecule has 0 amide bonds. The van der Waals surface area contributed by atoms with E-state index in [9.17, 15) is 5.11 Å². The second-order valence-electron chi connectivity index (χ2n) is 10.4. The molecule has 0 bridgehead atoms. The van der Waals surface area contributed by atoms with Gasteiger partial charge in [-0.3, -0.25) is 4.90 Å². The number of hydrogen-bond donors (Lipinski definition) is 1. The molecular formula is C26H37NO. The molecule has 0 aromatic heterocycles.